The average molecular weight is 613 g/mol. The van der Waals surface area contributed by atoms with Gasteiger partial charge in [-0.15, -0.1) is 0 Å². The SMILES string of the molecule is COc1cc(OC)c(OC)cc1/C=C/C(=O)c1ccc(NC(=O)/C(=C/c2cccc3ccccc23)NC(=O)c2ccccc2)cc1. The average Bonchev–Trinajstić information content (AvgIpc) is 3.10. The lowest BCUT2D eigenvalue weighted by molar-refractivity contribution is -0.113. The van der Waals surface area contributed by atoms with E-state index >= 15 is 0 Å². The van der Waals surface area contributed by atoms with Crippen LogP contribution >= 0.6 is 0 Å². The van der Waals surface area contributed by atoms with Crippen LogP contribution in [-0.4, -0.2) is 38.9 Å². The van der Waals surface area contributed by atoms with E-state index in [9.17, 15) is 14.4 Å². The summed E-state index contributed by atoms with van der Waals surface area (Å²) in [6, 6.07) is 32.1. The van der Waals surface area contributed by atoms with Gasteiger partial charge in [-0.3, -0.25) is 14.4 Å². The van der Waals surface area contributed by atoms with Crippen LogP contribution in [0, 0.1) is 0 Å². The summed E-state index contributed by atoms with van der Waals surface area (Å²) in [5, 5.41) is 7.55. The molecule has 8 heteroatoms. The minimum Gasteiger partial charge on any atom is -0.496 e. The molecule has 8 nitrogen and oxygen atoms in total. The maximum absolute atomic E-state index is 13.6. The fraction of sp³-hybridized carbons (Fsp3) is 0.0789. The molecule has 5 aromatic carbocycles. The summed E-state index contributed by atoms with van der Waals surface area (Å²) < 4.78 is 16.1. The van der Waals surface area contributed by atoms with Gasteiger partial charge in [-0.05, 0) is 77.0 Å². The van der Waals surface area contributed by atoms with Gasteiger partial charge in [-0.1, -0.05) is 60.7 Å². The highest BCUT2D eigenvalue weighted by atomic mass is 16.5. The van der Waals surface area contributed by atoms with Crippen molar-refractivity contribution in [1.82, 2.24) is 5.32 Å². The summed E-state index contributed by atoms with van der Waals surface area (Å²) in [6.45, 7) is 0. The van der Waals surface area contributed by atoms with Gasteiger partial charge in [0.25, 0.3) is 11.8 Å². The van der Waals surface area contributed by atoms with Crippen LogP contribution in [0.15, 0.2) is 121 Å². The van der Waals surface area contributed by atoms with Gasteiger partial charge in [0, 0.05) is 28.4 Å². The summed E-state index contributed by atoms with van der Waals surface area (Å²) in [4.78, 5) is 39.6. The van der Waals surface area contributed by atoms with Gasteiger partial charge in [0.2, 0.25) is 0 Å². The zero-order valence-electron chi connectivity index (χ0n) is 25.6. The van der Waals surface area contributed by atoms with E-state index in [-0.39, 0.29) is 11.5 Å². The van der Waals surface area contributed by atoms with Gasteiger partial charge in [0.1, 0.15) is 11.4 Å². The topological polar surface area (TPSA) is 103 Å². The minimum atomic E-state index is -0.517. The fourth-order valence-electron chi connectivity index (χ4n) is 4.84. The predicted octanol–water partition coefficient (Wildman–Crippen LogP) is 7.17. The molecule has 2 N–H and O–H groups in total. The number of allylic oxidation sites excluding steroid dienone is 1. The van der Waals surface area contributed by atoms with Crippen molar-refractivity contribution >= 4 is 46.2 Å². The fourth-order valence-corrected chi connectivity index (χ4v) is 4.84. The first-order chi connectivity index (χ1) is 22.4. The van der Waals surface area contributed by atoms with Crippen LogP contribution in [0.4, 0.5) is 5.69 Å². The Morgan fingerprint density at radius 3 is 2.00 bits per heavy atom. The van der Waals surface area contributed by atoms with Crippen LogP contribution in [0.25, 0.3) is 22.9 Å². The summed E-state index contributed by atoms with van der Waals surface area (Å²) in [6.07, 6.45) is 4.73. The van der Waals surface area contributed by atoms with E-state index in [1.165, 1.54) is 27.4 Å². The number of anilines is 1. The number of fused-ring (bicyclic) bond motifs is 1. The first-order valence-corrected chi connectivity index (χ1v) is 14.4. The van der Waals surface area contributed by atoms with Crippen molar-refractivity contribution in [3.05, 3.63) is 143 Å². The van der Waals surface area contributed by atoms with Crippen LogP contribution in [0.3, 0.4) is 0 Å². The Kier molecular flexibility index (Phi) is 9.89. The zero-order chi connectivity index (χ0) is 32.5. The van der Waals surface area contributed by atoms with Crippen LogP contribution in [0.5, 0.6) is 17.2 Å². The Morgan fingerprint density at radius 1 is 0.630 bits per heavy atom. The van der Waals surface area contributed by atoms with Gasteiger partial charge in [0.05, 0.1) is 21.3 Å². The Morgan fingerprint density at radius 2 is 1.28 bits per heavy atom. The zero-order valence-corrected chi connectivity index (χ0v) is 25.6. The number of rotatable bonds is 11. The summed E-state index contributed by atoms with van der Waals surface area (Å²) in [5.41, 5.74) is 2.76. The second kappa shape index (κ2) is 14.5. The number of ether oxygens (including phenoxy) is 3. The molecule has 230 valence electrons. The van der Waals surface area contributed by atoms with E-state index in [2.05, 4.69) is 10.6 Å². The Labute approximate surface area is 266 Å². The maximum atomic E-state index is 13.6. The molecule has 46 heavy (non-hydrogen) atoms. The van der Waals surface area contributed by atoms with E-state index in [1.54, 1.807) is 72.8 Å². The van der Waals surface area contributed by atoms with Crippen LogP contribution in [0.1, 0.15) is 31.8 Å². The van der Waals surface area contributed by atoms with Crippen LogP contribution in [-0.2, 0) is 4.79 Å². The Bertz CT molecular complexity index is 1940. The quantitative estimate of drug-likeness (QED) is 0.121. The molecular weight excluding hydrogens is 580 g/mol. The molecular formula is C38H32N2O6. The Balaban J connectivity index is 1.36. The van der Waals surface area contributed by atoms with Gasteiger partial charge in [-0.25, -0.2) is 0 Å². The largest absolute Gasteiger partial charge is 0.496 e. The lowest BCUT2D eigenvalue weighted by Crippen LogP contribution is -2.30. The molecule has 0 bridgehead atoms. The number of nitrogens with one attached hydrogen (secondary N) is 2. The smallest absolute Gasteiger partial charge is 0.272 e. The van der Waals surface area contributed by atoms with Crippen molar-refractivity contribution in [1.29, 1.82) is 0 Å². The van der Waals surface area contributed by atoms with Gasteiger partial charge in [-0.2, -0.15) is 0 Å². The number of ketones is 1. The molecule has 0 heterocycles. The molecule has 2 amide bonds. The monoisotopic (exact) mass is 612 g/mol. The summed E-state index contributed by atoms with van der Waals surface area (Å²) in [5.74, 6) is 0.352. The molecule has 0 spiro atoms. The molecule has 0 saturated heterocycles. The second-order valence-electron chi connectivity index (χ2n) is 10.1. The molecule has 0 atom stereocenters. The van der Waals surface area contributed by atoms with Crippen LogP contribution in [0.2, 0.25) is 0 Å². The molecule has 0 aliphatic rings. The molecule has 0 saturated carbocycles. The maximum Gasteiger partial charge on any atom is 0.272 e. The highest BCUT2D eigenvalue weighted by Gasteiger charge is 2.16. The Hall–Kier alpha value is -6.15. The number of benzene rings is 5. The molecule has 0 aliphatic carbocycles. The van der Waals surface area contributed by atoms with Crippen molar-refractivity contribution in [2.24, 2.45) is 0 Å². The number of amides is 2. The van der Waals surface area contributed by atoms with E-state index in [0.717, 1.165) is 16.3 Å². The lowest BCUT2D eigenvalue weighted by atomic mass is 10.0. The van der Waals surface area contributed by atoms with Crippen molar-refractivity contribution < 1.29 is 28.6 Å². The lowest BCUT2D eigenvalue weighted by Gasteiger charge is -2.12. The second-order valence-corrected chi connectivity index (χ2v) is 10.1. The van der Waals surface area contributed by atoms with Crippen molar-refractivity contribution in [3.63, 3.8) is 0 Å². The molecule has 5 aromatic rings. The van der Waals surface area contributed by atoms with Gasteiger partial charge >= 0.3 is 0 Å². The normalized spacial score (nSPS) is 11.2. The standard InChI is InChI=1S/C38H32N2O6/c1-44-34-24-36(46-3)35(45-2)23-29(34)18-21-33(41)26-16-19-30(20-17-26)39-38(43)32(40-37(42)27-11-5-4-6-12-27)22-28-14-9-13-25-10-7-8-15-31(25)28/h4-24H,1-3H3,(H,39,43)(H,40,42)/b21-18+,32-22-. The van der Waals surface area contributed by atoms with Crippen molar-refractivity contribution in [2.45, 2.75) is 0 Å². The number of carbonyl (C=O) groups excluding carboxylic acids is 3. The first-order valence-electron chi connectivity index (χ1n) is 14.4. The third-order valence-electron chi connectivity index (χ3n) is 7.23. The highest BCUT2D eigenvalue weighted by Crippen LogP contribution is 2.35. The van der Waals surface area contributed by atoms with E-state index in [4.69, 9.17) is 14.2 Å². The minimum absolute atomic E-state index is 0.0668. The molecule has 0 fully saturated rings. The predicted molar refractivity (Wildman–Crippen MR) is 180 cm³/mol. The van der Waals surface area contributed by atoms with Gasteiger partial charge in [0.15, 0.2) is 17.3 Å². The number of carbonyl (C=O) groups is 3. The van der Waals surface area contributed by atoms with E-state index in [1.807, 2.05) is 48.5 Å². The third-order valence-corrected chi connectivity index (χ3v) is 7.23. The first kappa shape index (κ1) is 31.3. The summed E-state index contributed by atoms with van der Waals surface area (Å²) >= 11 is 0. The number of hydrogen-bond donors (Lipinski definition) is 2. The summed E-state index contributed by atoms with van der Waals surface area (Å²) in [7, 11) is 4.59. The van der Waals surface area contributed by atoms with Crippen molar-refractivity contribution in [3.8, 4) is 17.2 Å². The highest BCUT2D eigenvalue weighted by molar-refractivity contribution is 6.12. The van der Waals surface area contributed by atoms with Crippen LogP contribution < -0.4 is 24.8 Å². The number of hydrogen-bond acceptors (Lipinski definition) is 6. The molecule has 5 rings (SSSR count). The number of methoxy groups -OCH3 is 3. The molecule has 0 unspecified atom stereocenters. The van der Waals surface area contributed by atoms with Crippen molar-refractivity contribution in [2.75, 3.05) is 26.6 Å². The van der Waals surface area contributed by atoms with Gasteiger partial charge < -0.3 is 24.8 Å². The molecule has 0 radical (unpaired) electrons. The molecule has 0 aromatic heterocycles. The van der Waals surface area contributed by atoms with E-state index in [0.29, 0.717) is 39.6 Å². The van der Waals surface area contributed by atoms with E-state index < -0.39 is 11.8 Å². The molecule has 0 aliphatic heterocycles. The third kappa shape index (κ3) is 7.31.